The van der Waals surface area contributed by atoms with Gasteiger partial charge in [0.2, 0.25) is 0 Å². The lowest BCUT2D eigenvalue weighted by Crippen LogP contribution is -2.01. The van der Waals surface area contributed by atoms with Crippen molar-refractivity contribution in [1.29, 1.82) is 0 Å². The Kier molecular flexibility index (Phi) is 6.40. The number of H-pyrrole nitrogens is 1. The van der Waals surface area contributed by atoms with Gasteiger partial charge in [0, 0.05) is 24.1 Å². The largest absolute Gasteiger partial charge is 0.480 e. The van der Waals surface area contributed by atoms with E-state index in [1.54, 1.807) is 0 Å². The van der Waals surface area contributed by atoms with Gasteiger partial charge >= 0.3 is 6.01 Å². The minimum Gasteiger partial charge on any atom is -0.480 e. The second-order valence-electron chi connectivity index (χ2n) is 6.90. The molecule has 34 heavy (non-hydrogen) atoms. The Labute approximate surface area is 192 Å². The van der Waals surface area contributed by atoms with Crippen LogP contribution in [0.1, 0.15) is 0 Å². The number of hydrogen-bond acceptors (Lipinski definition) is 8. The number of nitrogens with zero attached hydrogens (tertiary/aromatic N) is 3. The van der Waals surface area contributed by atoms with E-state index in [9.17, 15) is 17.2 Å². The Morgan fingerprint density at radius 3 is 2.65 bits per heavy atom. The van der Waals surface area contributed by atoms with Gasteiger partial charge in [0.1, 0.15) is 24.8 Å². The first-order chi connectivity index (χ1) is 16.3. The molecule has 2 aromatic carbocycles. The second-order valence-corrected chi connectivity index (χ2v) is 8.91. The number of aromatic nitrogens is 4. The van der Waals surface area contributed by atoms with Crippen LogP contribution in [0, 0.1) is 23.5 Å². The van der Waals surface area contributed by atoms with Crippen molar-refractivity contribution in [3.05, 3.63) is 54.2 Å². The predicted molar refractivity (Wildman–Crippen MR) is 117 cm³/mol. The first-order valence-electron chi connectivity index (χ1n) is 9.64. The Morgan fingerprint density at radius 1 is 1.12 bits per heavy atom. The van der Waals surface area contributed by atoms with E-state index in [0.717, 1.165) is 18.4 Å². The predicted octanol–water partition coefficient (Wildman–Crippen LogP) is 2.87. The monoisotopic (exact) mass is 486 g/mol. The SMILES string of the molecule is CS(=O)(=O)c1ccc(OCC#CCO)c(-c2[nH]nc3nc(Oc4ccc(F)cc4F)ncc23)c1. The maximum absolute atomic E-state index is 13.9. The molecule has 174 valence electrons. The molecule has 0 aliphatic heterocycles. The Bertz CT molecular complexity index is 1540. The van der Waals surface area contributed by atoms with Crippen molar-refractivity contribution in [2.75, 3.05) is 19.5 Å². The summed E-state index contributed by atoms with van der Waals surface area (Å²) in [6.45, 7) is -0.368. The van der Waals surface area contributed by atoms with Crippen LogP contribution < -0.4 is 9.47 Å². The molecule has 0 bridgehead atoms. The zero-order valence-electron chi connectivity index (χ0n) is 17.5. The molecule has 0 aliphatic rings. The molecule has 12 heteroatoms. The molecule has 4 aromatic rings. The molecule has 0 saturated carbocycles. The summed E-state index contributed by atoms with van der Waals surface area (Å²) in [6, 6.07) is 6.87. The first-order valence-corrected chi connectivity index (χ1v) is 11.5. The number of ether oxygens (including phenoxy) is 2. The summed E-state index contributed by atoms with van der Waals surface area (Å²) >= 11 is 0. The second kappa shape index (κ2) is 9.42. The Hall–Kier alpha value is -4.08. The van der Waals surface area contributed by atoms with Crippen LogP contribution in [0.2, 0.25) is 0 Å². The average molecular weight is 486 g/mol. The summed E-state index contributed by atoms with van der Waals surface area (Å²) in [4.78, 5) is 8.22. The van der Waals surface area contributed by atoms with Gasteiger partial charge in [-0.1, -0.05) is 11.8 Å². The van der Waals surface area contributed by atoms with E-state index in [2.05, 4.69) is 32.0 Å². The van der Waals surface area contributed by atoms with Gasteiger partial charge in [-0.3, -0.25) is 5.10 Å². The van der Waals surface area contributed by atoms with E-state index in [-0.39, 0.29) is 35.5 Å². The van der Waals surface area contributed by atoms with Crippen molar-refractivity contribution in [3.63, 3.8) is 0 Å². The van der Waals surface area contributed by atoms with Gasteiger partial charge in [-0.05, 0) is 30.3 Å². The number of fused-ring (bicyclic) bond motifs is 1. The molecule has 0 aliphatic carbocycles. The maximum Gasteiger partial charge on any atom is 0.324 e. The van der Waals surface area contributed by atoms with Gasteiger partial charge in [-0.25, -0.2) is 22.2 Å². The molecule has 0 atom stereocenters. The molecular formula is C22H16F2N4O5S. The number of sulfone groups is 1. The molecule has 0 amide bonds. The molecule has 0 fully saturated rings. The highest BCUT2D eigenvalue weighted by atomic mass is 32.2. The summed E-state index contributed by atoms with van der Waals surface area (Å²) in [5.41, 5.74) is 0.876. The highest BCUT2D eigenvalue weighted by molar-refractivity contribution is 7.90. The topological polar surface area (TPSA) is 127 Å². The number of nitrogens with one attached hydrogen (secondary N) is 1. The Morgan fingerprint density at radius 2 is 1.91 bits per heavy atom. The minimum atomic E-state index is -3.53. The molecule has 2 aromatic heterocycles. The van der Waals surface area contributed by atoms with Gasteiger partial charge in [0.15, 0.2) is 27.1 Å². The van der Waals surface area contributed by atoms with Crippen molar-refractivity contribution in [2.45, 2.75) is 4.90 Å². The van der Waals surface area contributed by atoms with Gasteiger partial charge in [-0.15, -0.1) is 0 Å². The third-order valence-corrected chi connectivity index (χ3v) is 5.65. The van der Waals surface area contributed by atoms with Crippen LogP contribution in [0.5, 0.6) is 17.5 Å². The van der Waals surface area contributed by atoms with Crippen LogP contribution in [0.25, 0.3) is 22.3 Å². The van der Waals surface area contributed by atoms with E-state index in [1.165, 1.54) is 24.4 Å². The van der Waals surface area contributed by atoms with Crippen molar-refractivity contribution >= 4 is 20.9 Å². The van der Waals surface area contributed by atoms with Gasteiger partial charge in [0.05, 0.1) is 16.0 Å². The fourth-order valence-electron chi connectivity index (χ4n) is 2.98. The number of rotatable bonds is 6. The molecule has 0 radical (unpaired) electrons. The lowest BCUT2D eigenvalue weighted by molar-refractivity contribution is 0.347. The van der Waals surface area contributed by atoms with Gasteiger partial charge in [-0.2, -0.15) is 10.1 Å². The summed E-state index contributed by atoms with van der Waals surface area (Å²) in [6.07, 6.45) is 2.44. The van der Waals surface area contributed by atoms with Crippen LogP contribution in [-0.2, 0) is 9.84 Å². The standard InChI is InChI=1S/C22H16F2N4O5S/c1-34(30,31)14-5-7-18(32-9-3-2-8-29)15(11-14)20-16-12-25-22(26-21(16)28-27-20)33-19-6-4-13(23)10-17(19)24/h4-7,10-12,29H,8-9H2,1H3,(H,25,26,27,28). The van der Waals surface area contributed by atoms with E-state index in [4.69, 9.17) is 14.6 Å². The molecule has 0 spiro atoms. The fourth-order valence-corrected chi connectivity index (χ4v) is 3.63. The quantitative estimate of drug-likeness (QED) is 0.399. The molecular weight excluding hydrogens is 470 g/mol. The third-order valence-electron chi connectivity index (χ3n) is 4.54. The highest BCUT2D eigenvalue weighted by Gasteiger charge is 2.19. The summed E-state index contributed by atoms with van der Waals surface area (Å²) in [7, 11) is -3.53. The first kappa shape index (κ1) is 23.1. The molecule has 9 nitrogen and oxygen atoms in total. The van der Waals surface area contributed by atoms with Crippen LogP contribution in [0.4, 0.5) is 8.78 Å². The number of aliphatic hydroxyl groups excluding tert-OH is 1. The van der Waals surface area contributed by atoms with E-state index in [0.29, 0.717) is 28.5 Å². The minimum absolute atomic E-state index is 0.0461. The molecule has 2 N–H and O–H groups in total. The highest BCUT2D eigenvalue weighted by Crippen LogP contribution is 2.35. The number of aliphatic hydroxyl groups is 1. The molecule has 4 rings (SSSR count). The van der Waals surface area contributed by atoms with Crippen LogP contribution in [0.3, 0.4) is 0 Å². The normalized spacial score (nSPS) is 11.2. The summed E-state index contributed by atoms with van der Waals surface area (Å²) < 4.78 is 62.1. The smallest absolute Gasteiger partial charge is 0.324 e. The van der Waals surface area contributed by atoms with Gasteiger partial charge < -0.3 is 14.6 Å². The van der Waals surface area contributed by atoms with E-state index in [1.807, 2.05) is 0 Å². The molecule has 2 heterocycles. The van der Waals surface area contributed by atoms with Crippen molar-refractivity contribution < 1.29 is 31.8 Å². The maximum atomic E-state index is 13.9. The zero-order valence-corrected chi connectivity index (χ0v) is 18.4. The molecule has 0 unspecified atom stereocenters. The zero-order chi connectivity index (χ0) is 24.3. The van der Waals surface area contributed by atoms with Crippen LogP contribution >= 0.6 is 0 Å². The van der Waals surface area contributed by atoms with Crippen molar-refractivity contribution in [1.82, 2.24) is 20.2 Å². The number of halogens is 2. The third kappa shape index (κ3) is 4.95. The lowest BCUT2D eigenvalue weighted by atomic mass is 10.1. The van der Waals surface area contributed by atoms with E-state index >= 15 is 0 Å². The lowest BCUT2D eigenvalue weighted by Gasteiger charge is -2.10. The summed E-state index contributed by atoms with van der Waals surface area (Å²) in [5, 5.41) is 16.1. The fraction of sp³-hybridized carbons (Fsp3) is 0.136. The van der Waals surface area contributed by atoms with E-state index < -0.39 is 21.5 Å². The van der Waals surface area contributed by atoms with Crippen molar-refractivity contribution in [3.8, 4) is 40.6 Å². The average Bonchev–Trinajstić information content (AvgIpc) is 3.21. The number of benzene rings is 2. The molecule has 0 saturated heterocycles. The van der Waals surface area contributed by atoms with Gasteiger partial charge in [0.25, 0.3) is 0 Å². The number of hydrogen-bond donors (Lipinski definition) is 2. The van der Waals surface area contributed by atoms with Crippen LogP contribution in [0.15, 0.2) is 47.5 Å². The van der Waals surface area contributed by atoms with Crippen LogP contribution in [-0.4, -0.2) is 53.2 Å². The Balaban J connectivity index is 1.73. The van der Waals surface area contributed by atoms with Crippen molar-refractivity contribution in [2.24, 2.45) is 0 Å². The summed E-state index contributed by atoms with van der Waals surface area (Å²) in [5.74, 6) is 3.43. The number of aromatic amines is 1.